The van der Waals surface area contributed by atoms with E-state index in [1.54, 1.807) is 0 Å². The molecule has 0 aromatic heterocycles. The number of rotatable bonds is 4. The summed E-state index contributed by atoms with van der Waals surface area (Å²) in [7, 11) is -3.43. The lowest BCUT2D eigenvalue weighted by Crippen LogP contribution is -2.52. The van der Waals surface area contributed by atoms with Crippen LogP contribution in [0.5, 0.6) is 0 Å². The Labute approximate surface area is 150 Å². The largest absolute Gasteiger partial charge is 0.366 e. The van der Waals surface area contributed by atoms with Crippen molar-refractivity contribution in [2.24, 2.45) is 5.92 Å². The first-order valence-corrected chi connectivity index (χ1v) is 10.8. The molecule has 2 heterocycles. The number of para-hydroxylation sites is 1. The zero-order valence-corrected chi connectivity index (χ0v) is 15.9. The Bertz CT molecular complexity index is 748. The molecule has 1 amide bonds. The van der Waals surface area contributed by atoms with Crippen LogP contribution < -0.4 is 9.62 Å². The van der Waals surface area contributed by atoms with E-state index in [-0.39, 0.29) is 17.9 Å². The van der Waals surface area contributed by atoms with Crippen LogP contribution in [0.3, 0.4) is 0 Å². The zero-order chi connectivity index (χ0) is 18.2. The fraction of sp³-hybridized carbons (Fsp3) is 0.611. The molecule has 0 spiro atoms. The van der Waals surface area contributed by atoms with Crippen molar-refractivity contribution < 1.29 is 13.2 Å². The molecule has 1 fully saturated rings. The number of nitrogens with one attached hydrogen (secondary N) is 1. The average molecular weight is 365 g/mol. The van der Waals surface area contributed by atoms with Crippen LogP contribution in [0.15, 0.2) is 24.3 Å². The van der Waals surface area contributed by atoms with Gasteiger partial charge < -0.3 is 9.80 Å². The van der Waals surface area contributed by atoms with Gasteiger partial charge in [-0.05, 0) is 30.4 Å². The van der Waals surface area contributed by atoms with Gasteiger partial charge in [-0.3, -0.25) is 4.79 Å². The molecule has 1 saturated heterocycles. The molecule has 1 aromatic rings. The van der Waals surface area contributed by atoms with Crippen LogP contribution in [0, 0.1) is 5.92 Å². The molecule has 0 aliphatic carbocycles. The smallest absolute Gasteiger partial charge is 0.241 e. The number of carbonyl (C=O) groups is 1. The molecule has 0 bridgehead atoms. The molecule has 2 atom stereocenters. The van der Waals surface area contributed by atoms with Crippen LogP contribution in [0.1, 0.15) is 25.8 Å². The first kappa shape index (κ1) is 18.2. The van der Waals surface area contributed by atoms with E-state index in [0.717, 1.165) is 25.6 Å². The highest BCUT2D eigenvalue weighted by atomic mass is 32.2. The quantitative estimate of drug-likeness (QED) is 0.871. The van der Waals surface area contributed by atoms with Crippen molar-refractivity contribution >= 4 is 21.6 Å². The summed E-state index contributed by atoms with van der Waals surface area (Å²) in [6, 6.07) is 7.98. The Balaban J connectivity index is 1.77. The number of amides is 1. The zero-order valence-electron chi connectivity index (χ0n) is 15.1. The predicted molar refractivity (Wildman–Crippen MR) is 99.1 cm³/mol. The van der Waals surface area contributed by atoms with Gasteiger partial charge in [0.2, 0.25) is 15.9 Å². The average Bonchev–Trinajstić information content (AvgIpc) is 2.74. The second-order valence-corrected chi connectivity index (χ2v) is 9.21. The maximum absolute atomic E-state index is 13.0. The molecule has 6 nitrogen and oxygen atoms in total. The summed E-state index contributed by atoms with van der Waals surface area (Å²) in [5, 5.41) is 0. The maximum Gasteiger partial charge on any atom is 0.241 e. The van der Waals surface area contributed by atoms with E-state index < -0.39 is 16.1 Å². The third-order valence-corrected chi connectivity index (χ3v) is 5.72. The van der Waals surface area contributed by atoms with E-state index in [4.69, 9.17) is 0 Å². The molecule has 138 valence electrons. The van der Waals surface area contributed by atoms with Crippen LogP contribution in [0.4, 0.5) is 5.69 Å². The Morgan fingerprint density at radius 3 is 2.64 bits per heavy atom. The lowest BCUT2D eigenvalue weighted by Gasteiger charge is -2.31. The second-order valence-electron chi connectivity index (χ2n) is 7.43. The Morgan fingerprint density at radius 2 is 1.96 bits per heavy atom. The number of fused-ring (bicyclic) bond motifs is 3. The molecule has 3 rings (SSSR count). The molecule has 25 heavy (non-hydrogen) atoms. The topological polar surface area (TPSA) is 69.7 Å². The van der Waals surface area contributed by atoms with Crippen LogP contribution in [0.25, 0.3) is 0 Å². The van der Waals surface area contributed by atoms with Gasteiger partial charge in [0.15, 0.2) is 0 Å². The van der Waals surface area contributed by atoms with Crippen molar-refractivity contribution in [3.05, 3.63) is 29.8 Å². The summed E-state index contributed by atoms with van der Waals surface area (Å²) in [4.78, 5) is 17.3. The van der Waals surface area contributed by atoms with Crippen molar-refractivity contribution in [2.45, 2.75) is 38.8 Å². The molecule has 2 aliphatic rings. The molecule has 0 saturated carbocycles. The van der Waals surface area contributed by atoms with Crippen LogP contribution in [-0.2, 0) is 21.2 Å². The maximum atomic E-state index is 13.0. The van der Waals surface area contributed by atoms with Crippen molar-refractivity contribution in [3.63, 3.8) is 0 Å². The van der Waals surface area contributed by atoms with Gasteiger partial charge in [0.1, 0.15) is 6.04 Å². The summed E-state index contributed by atoms with van der Waals surface area (Å²) < 4.78 is 25.8. The van der Waals surface area contributed by atoms with Crippen molar-refractivity contribution in [1.82, 2.24) is 9.62 Å². The highest BCUT2D eigenvalue weighted by Gasteiger charge is 2.36. The third-order valence-electron chi connectivity index (χ3n) is 5.04. The fourth-order valence-corrected chi connectivity index (χ4v) is 4.70. The minimum Gasteiger partial charge on any atom is -0.366 e. The minimum atomic E-state index is -3.43. The molecule has 2 unspecified atom stereocenters. The van der Waals surface area contributed by atoms with Crippen LogP contribution >= 0.6 is 0 Å². The molecule has 1 aromatic carbocycles. The number of benzene rings is 1. The number of sulfonamides is 1. The highest BCUT2D eigenvalue weighted by molar-refractivity contribution is 7.88. The molecule has 7 heteroatoms. The van der Waals surface area contributed by atoms with Crippen LogP contribution in [0.2, 0.25) is 0 Å². The fourth-order valence-electron chi connectivity index (χ4n) is 3.87. The number of hydrogen-bond donors (Lipinski definition) is 1. The van der Waals surface area contributed by atoms with Crippen molar-refractivity contribution in [2.75, 3.05) is 30.8 Å². The number of nitrogens with zero attached hydrogens (tertiary/aromatic N) is 2. The molecular formula is C18H27N3O3S. The molecule has 2 aliphatic heterocycles. The van der Waals surface area contributed by atoms with E-state index in [1.807, 2.05) is 18.7 Å². The van der Waals surface area contributed by atoms with E-state index in [9.17, 15) is 13.2 Å². The predicted octanol–water partition coefficient (Wildman–Crippen LogP) is 1.22. The SMILES string of the molecule is CC(C)C(NS(C)(=O)=O)C(=O)N1CCCN2c3ccccc3CC2C1. The van der Waals surface area contributed by atoms with E-state index in [0.29, 0.717) is 13.1 Å². The molecule has 1 N–H and O–H groups in total. The molecule has 0 radical (unpaired) electrons. The van der Waals surface area contributed by atoms with Gasteiger partial charge in [-0.1, -0.05) is 32.0 Å². The Morgan fingerprint density at radius 1 is 1.24 bits per heavy atom. The van der Waals surface area contributed by atoms with Crippen molar-refractivity contribution in [3.8, 4) is 0 Å². The van der Waals surface area contributed by atoms with E-state index >= 15 is 0 Å². The van der Waals surface area contributed by atoms with E-state index in [2.05, 4.69) is 33.9 Å². The molecular weight excluding hydrogens is 338 g/mol. The second kappa shape index (κ2) is 6.96. The minimum absolute atomic E-state index is 0.0950. The summed E-state index contributed by atoms with van der Waals surface area (Å²) in [5.41, 5.74) is 2.60. The van der Waals surface area contributed by atoms with Gasteiger partial charge in [0, 0.05) is 25.3 Å². The van der Waals surface area contributed by atoms with Gasteiger partial charge in [-0.25, -0.2) is 13.1 Å². The Kier molecular flexibility index (Phi) is 5.06. The Hall–Kier alpha value is -1.60. The first-order valence-electron chi connectivity index (χ1n) is 8.87. The standard InChI is InChI=1S/C18H27N3O3S/c1-13(2)17(19-25(3,23)24)18(22)20-9-6-10-21-15(12-20)11-14-7-4-5-8-16(14)21/h4-5,7-8,13,15,17,19H,6,9-12H2,1-3H3. The van der Waals surface area contributed by atoms with E-state index in [1.165, 1.54) is 11.3 Å². The van der Waals surface area contributed by atoms with Gasteiger partial charge in [-0.2, -0.15) is 0 Å². The van der Waals surface area contributed by atoms with Gasteiger partial charge in [-0.15, -0.1) is 0 Å². The lowest BCUT2D eigenvalue weighted by molar-refractivity contribution is -0.134. The lowest BCUT2D eigenvalue weighted by atomic mass is 10.0. The summed E-state index contributed by atoms with van der Waals surface area (Å²) in [5.74, 6) is -0.208. The monoisotopic (exact) mass is 365 g/mol. The summed E-state index contributed by atoms with van der Waals surface area (Å²) in [6.45, 7) is 5.98. The number of anilines is 1. The number of carbonyl (C=O) groups excluding carboxylic acids is 1. The summed E-state index contributed by atoms with van der Waals surface area (Å²) in [6.07, 6.45) is 2.93. The third kappa shape index (κ3) is 3.98. The van der Waals surface area contributed by atoms with Crippen LogP contribution in [-0.4, -0.2) is 57.2 Å². The van der Waals surface area contributed by atoms with Crippen molar-refractivity contribution in [1.29, 1.82) is 0 Å². The van der Waals surface area contributed by atoms with Gasteiger partial charge in [0.25, 0.3) is 0 Å². The number of hydrogen-bond acceptors (Lipinski definition) is 4. The highest BCUT2D eigenvalue weighted by Crippen LogP contribution is 2.33. The normalized spacial score (nSPS) is 21.7. The first-order chi connectivity index (χ1) is 11.8. The summed E-state index contributed by atoms with van der Waals surface area (Å²) >= 11 is 0. The van der Waals surface area contributed by atoms with Gasteiger partial charge in [0.05, 0.1) is 12.3 Å². The van der Waals surface area contributed by atoms with Gasteiger partial charge >= 0.3 is 0 Å².